The van der Waals surface area contributed by atoms with Crippen LogP contribution >= 0.6 is 11.8 Å². The van der Waals surface area contributed by atoms with Crippen molar-refractivity contribution in [2.24, 2.45) is 4.99 Å². The third kappa shape index (κ3) is 3.47. The van der Waals surface area contributed by atoms with Crippen LogP contribution in [0.2, 0.25) is 0 Å². The Labute approximate surface area is 158 Å². The summed E-state index contributed by atoms with van der Waals surface area (Å²) >= 11 is 1.72. The van der Waals surface area contributed by atoms with Crippen molar-refractivity contribution < 1.29 is 9.53 Å². The number of fused-ring (bicyclic) bond motifs is 1. The first-order valence-electron chi connectivity index (χ1n) is 9.30. The SMILES string of the molecule is COC(=O)C[C@@H]1CSC(c2c[nH]c3c(NC4CCCC4)cc(C)cc23)=N1. The molecule has 2 N–H and O–H groups in total. The molecular formula is C20H25N3O2S. The van der Waals surface area contributed by atoms with Crippen molar-refractivity contribution >= 4 is 39.4 Å². The van der Waals surface area contributed by atoms with Crippen molar-refractivity contribution in [2.45, 2.75) is 51.1 Å². The molecule has 1 atom stereocenters. The number of aryl methyl sites for hydroxylation is 1. The van der Waals surface area contributed by atoms with Crippen LogP contribution in [0, 0.1) is 6.92 Å². The number of H-pyrrole nitrogens is 1. The Hall–Kier alpha value is -1.95. The van der Waals surface area contributed by atoms with Gasteiger partial charge in [0.05, 0.1) is 30.8 Å². The van der Waals surface area contributed by atoms with E-state index >= 15 is 0 Å². The highest BCUT2D eigenvalue weighted by Crippen LogP contribution is 2.34. The number of aromatic amines is 1. The molecule has 1 aromatic heterocycles. The smallest absolute Gasteiger partial charge is 0.307 e. The highest BCUT2D eigenvalue weighted by Gasteiger charge is 2.25. The third-order valence-corrected chi connectivity index (χ3v) is 6.37. The number of rotatable bonds is 5. The van der Waals surface area contributed by atoms with Crippen LogP contribution < -0.4 is 5.32 Å². The van der Waals surface area contributed by atoms with Crippen molar-refractivity contribution in [1.29, 1.82) is 0 Å². The van der Waals surface area contributed by atoms with Crippen molar-refractivity contribution in [3.63, 3.8) is 0 Å². The second-order valence-electron chi connectivity index (χ2n) is 7.24. The van der Waals surface area contributed by atoms with Gasteiger partial charge in [-0.15, -0.1) is 11.8 Å². The molecule has 1 saturated carbocycles. The van der Waals surface area contributed by atoms with E-state index in [2.05, 4.69) is 35.6 Å². The van der Waals surface area contributed by atoms with Gasteiger partial charge in [-0.2, -0.15) is 0 Å². The minimum absolute atomic E-state index is 0.00768. The van der Waals surface area contributed by atoms with Gasteiger partial charge in [-0.25, -0.2) is 0 Å². The summed E-state index contributed by atoms with van der Waals surface area (Å²) < 4.78 is 4.77. The Kier molecular flexibility index (Phi) is 4.94. The van der Waals surface area contributed by atoms with Crippen molar-refractivity contribution in [2.75, 3.05) is 18.2 Å². The standard InChI is InChI=1S/C20H25N3O2S/c1-12-7-15-16(20-23-14(11-26-20)9-18(24)25-2)10-21-19(15)17(8-12)22-13-5-3-4-6-13/h7-8,10,13-14,21-22H,3-6,9,11H2,1-2H3/t14-/m1/s1. The normalized spacial score (nSPS) is 20.5. The molecule has 6 heteroatoms. The van der Waals surface area contributed by atoms with Crippen molar-refractivity contribution in [1.82, 2.24) is 4.98 Å². The van der Waals surface area contributed by atoms with Gasteiger partial charge in [0.1, 0.15) is 5.04 Å². The topological polar surface area (TPSA) is 66.5 Å². The number of esters is 1. The van der Waals surface area contributed by atoms with Gasteiger partial charge in [0, 0.05) is 28.9 Å². The molecule has 0 bridgehead atoms. The molecule has 26 heavy (non-hydrogen) atoms. The van der Waals surface area contributed by atoms with E-state index in [0.29, 0.717) is 12.5 Å². The van der Waals surface area contributed by atoms with E-state index in [1.54, 1.807) is 11.8 Å². The molecule has 0 amide bonds. The van der Waals surface area contributed by atoms with Gasteiger partial charge >= 0.3 is 5.97 Å². The quantitative estimate of drug-likeness (QED) is 0.771. The number of hydrogen-bond acceptors (Lipinski definition) is 5. The summed E-state index contributed by atoms with van der Waals surface area (Å²) in [6.07, 6.45) is 7.54. The van der Waals surface area contributed by atoms with Gasteiger partial charge in [-0.3, -0.25) is 9.79 Å². The number of carbonyl (C=O) groups excluding carboxylic acids is 1. The van der Waals surface area contributed by atoms with Gasteiger partial charge in [0.15, 0.2) is 0 Å². The number of anilines is 1. The third-order valence-electron chi connectivity index (χ3n) is 5.22. The maximum atomic E-state index is 11.5. The van der Waals surface area contributed by atoms with Crippen LogP contribution in [-0.2, 0) is 9.53 Å². The molecule has 1 fully saturated rings. The Morgan fingerprint density at radius 1 is 1.38 bits per heavy atom. The molecular weight excluding hydrogens is 346 g/mol. The van der Waals surface area contributed by atoms with Crippen LogP contribution in [-0.4, -0.2) is 40.9 Å². The summed E-state index contributed by atoms with van der Waals surface area (Å²) in [4.78, 5) is 19.7. The first-order chi connectivity index (χ1) is 12.6. The van der Waals surface area contributed by atoms with E-state index in [1.165, 1.54) is 49.4 Å². The molecule has 1 aromatic carbocycles. The van der Waals surface area contributed by atoms with Crippen LogP contribution in [0.25, 0.3) is 10.9 Å². The lowest BCUT2D eigenvalue weighted by atomic mass is 10.1. The molecule has 0 unspecified atom stereocenters. The Morgan fingerprint density at radius 3 is 2.96 bits per heavy atom. The number of aromatic nitrogens is 1. The second-order valence-corrected chi connectivity index (χ2v) is 8.25. The number of hydrogen-bond donors (Lipinski definition) is 2. The molecule has 0 saturated heterocycles. The van der Waals surface area contributed by atoms with E-state index in [1.807, 2.05) is 0 Å². The molecule has 0 radical (unpaired) electrons. The number of methoxy groups -OCH3 is 1. The van der Waals surface area contributed by atoms with Gasteiger partial charge in [-0.1, -0.05) is 12.8 Å². The number of ether oxygens (including phenoxy) is 1. The number of nitrogens with zero attached hydrogens (tertiary/aromatic N) is 1. The molecule has 4 rings (SSSR count). The fourth-order valence-electron chi connectivity index (χ4n) is 3.90. The molecule has 5 nitrogen and oxygen atoms in total. The average Bonchev–Trinajstić information content (AvgIpc) is 3.35. The number of benzene rings is 1. The van der Waals surface area contributed by atoms with Crippen LogP contribution in [0.1, 0.15) is 43.2 Å². The molecule has 2 aliphatic rings. The van der Waals surface area contributed by atoms with E-state index in [4.69, 9.17) is 9.73 Å². The fraction of sp³-hybridized carbons (Fsp3) is 0.500. The summed E-state index contributed by atoms with van der Waals surface area (Å²) in [5.41, 5.74) is 4.72. The number of nitrogens with one attached hydrogen (secondary N) is 2. The van der Waals surface area contributed by atoms with E-state index in [-0.39, 0.29) is 12.0 Å². The lowest BCUT2D eigenvalue weighted by Crippen LogP contribution is -2.14. The predicted molar refractivity (Wildman–Crippen MR) is 108 cm³/mol. The molecule has 138 valence electrons. The second kappa shape index (κ2) is 7.35. The zero-order valence-electron chi connectivity index (χ0n) is 15.3. The molecule has 2 aromatic rings. The van der Waals surface area contributed by atoms with Crippen molar-refractivity contribution in [3.8, 4) is 0 Å². The Morgan fingerprint density at radius 2 is 2.19 bits per heavy atom. The summed E-state index contributed by atoms with van der Waals surface area (Å²) in [7, 11) is 1.43. The fourth-order valence-corrected chi connectivity index (χ4v) is 4.99. The van der Waals surface area contributed by atoms with Crippen LogP contribution in [0.15, 0.2) is 23.3 Å². The van der Waals surface area contributed by atoms with E-state index in [0.717, 1.165) is 21.9 Å². The van der Waals surface area contributed by atoms with Gasteiger partial charge in [0.2, 0.25) is 0 Å². The molecule has 0 spiro atoms. The lowest BCUT2D eigenvalue weighted by molar-refractivity contribution is -0.140. The monoisotopic (exact) mass is 371 g/mol. The van der Waals surface area contributed by atoms with Gasteiger partial charge in [0.25, 0.3) is 0 Å². The first-order valence-corrected chi connectivity index (χ1v) is 10.3. The van der Waals surface area contributed by atoms with Crippen LogP contribution in [0.4, 0.5) is 5.69 Å². The summed E-state index contributed by atoms with van der Waals surface area (Å²) in [5.74, 6) is 0.634. The number of aliphatic imine (C=N–C) groups is 1. The zero-order valence-corrected chi connectivity index (χ0v) is 16.1. The van der Waals surface area contributed by atoms with E-state index < -0.39 is 0 Å². The molecule has 1 aliphatic carbocycles. The summed E-state index contributed by atoms with van der Waals surface area (Å²) in [6, 6.07) is 5.03. The molecule has 1 aliphatic heterocycles. The number of carbonyl (C=O) groups is 1. The van der Waals surface area contributed by atoms with E-state index in [9.17, 15) is 4.79 Å². The van der Waals surface area contributed by atoms with Crippen LogP contribution in [0.5, 0.6) is 0 Å². The number of thioether (sulfide) groups is 1. The zero-order chi connectivity index (χ0) is 18.1. The first kappa shape index (κ1) is 17.5. The maximum absolute atomic E-state index is 11.5. The summed E-state index contributed by atoms with van der Waals surface area (Å²) in [5, 5.41) is 5.95. The highest BCUT2D eigenvalue weighted by atomic mass is 32.2. The Bertz CT molecular complexity index is 852. The maximum Gasteiger partial charge on any atom is 0.307 e. The molecule has 2 heterocycles. The largest absolute Gasteiger partial charge is 0.469 e. The lowest BCUT2D eigenvalue weighted by Gasteiger charge is -2.15. The van der Waals surface area contributed by atoms with Crippen LogP contribution in [0.3, 0.4) is 0 Å². The van der Waals surface area contributed by atoms with Crippen molar-refractivity contribution in [3.05, 3.63) is 29.5 Å². The average molecular weight is 372 g/mol. The predicted octanol–water partition coefficient (Wildman–Crippen LogP) is 4.26. The minimum Gasteiger partial charge on any atom is -0.469 e. The Balaban J connectivity index is 1.63. The highest BCUT2D eigenvalue weighted by molar-refractivity contribution is 8.14. The minimum atomic E-state index is -0.196. The van der Waals surface area contributed by atoms with Gasteiger partial charge in [-0.05, 0) is 37.5 Å². The van der Waals surface area contributed by atoms with Gasteiger partial charge < -0.3 is 15.0 Å². The summed E-state index contributed by atoms with van der Waals surface area (Å²) in [6.45, 7) is 2.14.